The molecule has 0 unspecified atom stereocenters. The number of amides is 1. The molecule has 74 valence electrons. The molecule has 0 spiro atoms. The summed E-state index contributed by atoms with van der Waals surface area (Å²) in [7, 11) is 0. The predicted molar refractivity (Wildman–Crippen MR) is 54.1 cm³/mol. The molecule has 0 saturated carbocycles. The Morgan fingerprint density at radius 1 is 1.43 bits per heavy atom. The van der Waals surface area contributed by atoms with Crippen LogP contribution in [-0.2, 0) is 11.2 Å². The third-order valence-electron chi connectivity index (χ3n) is 2.28. The summed E-state index contributed by atoms with van der Waals surface area (Å²) in [5.74, 6) is 0.0698. The smallest absolute Gasteiger partial charge is 0.224 e. The van der Waals surface area contributed by atoms with Crippen molar-refractivity contribution in [3.05, 3.63) is 23.8 Å². The first kappa shape index (κ1) is 9.02. The van der Waals surface area contributed by atoms with Gasteiger partial charge in [-0.05, 0) is 30.2 Å². The molecule has 4 heteroatoms. The Morgan fingerprint density at radius 3 is 3.07 bits per heavy atom. The number of carbonyl (C=O) groups excluding carboxylic acids is 1. The van der Waals surface area contributed by atoms with Crippen LogP contribution in [0, 0.1) is 0 Å². The van der Waals surface area contributed by atoms with Gasteiger partial charge in [-0.15, -0.1) is 0 Å². The lowest BCUT2D eigenvalue weighted by Gasteiger charge is -2.17. The van der Waals surface area contributed by atoms with Crippen LogP contribution in [0.1, 0.15) is 12.0 Å². The highest BCUT2D eigenvalue weighted by Crippen LogP contribution is 2.25. The second-order valence-electron chi connectivity index (χ2n) is 3.25. The van der Waals surface area contributed by atoms with Crippen molar-refractivity contribution in [1.82, 2.24) is 0 Å². The van der Waals surface area contributed by atoms with Gasteiger partial charge in [0.25, 0.3) is 0 Å². The number of aryl methyl sites for hydroxylation is 1. The standard InChI is InChI=1S/C10H12N2O2/c13-6-11-8-2-3-9-7(5-8)1-4-10(14)12-9/h2-3,5,11,13H,1,4,6H2,(H,12,14). The highest BCUT2D eigenvalue weighted by atomic mass is 16.3. The maximum Gasteiger partial charge on any atom is 0.224 e. The van der Waals surface area contributed by atoms with Crippen LogP contribution in [0.3, 0.4) is 0 Å². The zero-order valence-corrected chi connectivity index (χ0v) is 7.71. The molecule has 1 aliphatic heterocycles. The van der Waals surface area contributed by atoms with Crippen molar-refractivity contribution < 1.29 is 9.90 Å². The fourth-order valence-corrected chi connectivity index (χ4v) is 1.58. The van der Waals surface area contributed by atoms with Gasteiger partial charge in [0.2, 0.25) is 5.91 Å². The topological polar surface area (TPSA) is 61.4 Å². The predicted octanol–water partition coefficient (Wildman–Crippen LogP) is 0.933. The summed E-state index contributed by atoms with van der Waals surface area (Å²) in [6.07, 6.45) is 1.30. The summed E-state index contributed by atoms with van der Waals surface area (Å²) in [5, 5.41) is 14.3. The van der Waals surface area contributed by atoms with Crippen LogP contribution >= 0.6 is 0 Å². The van der Waals surface area contributed by atoms with Gasteiger partial charge in [0.15, 0.2) is 0 Å². The van der Waals surface area contributed by atoms with Crippen molar-refractivity contribution in [2.24, 2.45) is 0 Å². The van der Waals surface area contributed by atoms with Gasteiger partial charge in [0, 0.05) is 17.8 Å². The number of aliphatic hydroxyl groups excluding tert-OH is 1. The van der Waals surface area contributed by atoms with E-state index in [1.807, 2.05) is 18.2 Å². The normalized spacial score (nSPS) is 14.5. The van der Waals surface area contributed by atoms with Crippen LogP contribution < -0.4 is 10.6 Å². The van der Waals surface area contributed by atoms with Gasteiger partial charge in [-0.25, -0.2) is 0 Å². The Hall–Kier alpha value is -1.55. The van der Waals surface area contributed by atoms with Crippen molar-refractivity contribution in [3.63, 3.8) is 0 Å². The van der Waals surface area contributed by atoms with Crippen molar-refractivity contribution in [2.45, 2.75) is 12.8 Å². The molecule has 2 rings (SSSR count). The van der Waals surface area contributed by atoms with E-state index in [0.717, 1.165) is 23.4 Å². The zero-order chi connectivity index (χ0) is 9.97. The van der Waals surface area contributed by atoms with Crippen LogP contribution in [0.15, 0.2) is 18.2 Å². The van der Waals surface area contributed by atoms with E-state index < -0.39 is 0 Å². The van der Waals surface area contributed by atoms with Crippen molar-refractivity contribution in [2.75, 3.05) is 17.4 Å². The van der Waals surface area contributed by atoms with Gasteiger partial charge >= 0.3 is 0 Å². The number of aliphatic hydroxyl groups is 1. The molecule has 0 aliphatic carbocycles. The van der Waals surface area contributed by atoms with Crippen LogP contribution in [0.2, 0.25) is 0 Å². The molecular weight excluding hydrogens is 180 g/mol. The minimum atomic E-state index is -0.0782. The van der Waals surface area contributed by atoms with E-state index in [1.165, 1.54) is 0 Å². The third-order valence-corrected chi connectivity index (χ3v) is 2.28. The first-order valence-electron chi connectivity index (χ1n) is 4.57. The number of fused-ring (bicyclic) bond motifs is 1. The lowest BCUT2D eigenvalue weighted by molar-refractivity contribution is -0.116. The monoisotopic (exact) mass is 192 g/mol. The van der Waals surface area contributed by atoms with E-state index in [-0.39, 0.29) is 12.6 Å². The molecular formula is C10H12N2O2. The van der Waals surface area contributed by atoms with Crippen LogP contribution in [0.4, 0.5) is 11.4 Å². The minimum absolute atomic E-state index is 0.0698. The maximum atomic E-state index is 11.1. The second kappa shape index (κ2) is 3.67. The van der Waals surface area contributed by atoms with Crippen LogP contribution in [0.25, 0.3) is 0 Å². The summed E-state index contributed by atoms with van der Waals surface area (Å²) in [5.41, 5.74) is 2.87. The Kier molecular flexibility index (Phi) is 2.37. The SMILES string of the molecule is O=C1CCc2cc(NCO)ccc2N1. The number of carbonyl (C=O) groups is 1. The van der Waals surface area contributed by atoms with Crippen molar-refractivity contribution >= 4 is 17.3 Å². The average molecular weight is 192 g/mol. The molecule has 4 nitrogen and oxygen atoms in total. The zero-order valence-electron chi connectivity index (χ0n) is 7.71. The summed E-state index contributed by atoms with van der Waals surface area (Å²) in [4.78, 5) is 11.1. The molecule has 14 heavy (non-hydrogen) atoms. The molecule has 1 aliphatic rings. The Labute approximate surface area is 81.9 Å². The summed E-state index contributed by atoms with van der Waals surface area (Å²) < 4.78 is 0. The Morgan fingerprint density at radius 2 is 2.29 bits per heavy atom. The highest BCUT2D eigenvalue weighted by molar-refractivity contribution is 5.94. The lowest BCUT2D eigenvalue weighted by Crippen LogP contribution is -2.19. The number of hydrogen-bond acceptors (Lipinski definition) is 3. The summed E-state index contributed by atoms with van der Waals surface area (Å²) in [6.45, 7) is -0.0782. The van der Waals surface area contributed by atoms with Crippen molar-refractivity contribution in [3.8, 4) is 0 Å². The molecule has 0 radical (unpaired) electrons. The molecule has 1 heterocycles. The maximum absolute atomic E-state index is 11.1. The van der Waals surface area contributed by atoms with Gasteiger partial charge in [-0.1, -0.05) is 0 Å². The fraction of sp³-hybridized carbons (Fsp3) is 0.300. The molecule has 1 aromatic rings. The number of benzene rings is 1. The molecule has 3 N–H and O–H groups in total. The van der Waals surface area contributed by atoms with Gasteiger partial charge < -0.3 is 15.7 Å². The Bertz CT molecular complexity index is 363. The third kappa shape index (κ3) is 1.70. The van der Waals surface area contributed by atoms with Gasteiger partial charge in [-0.3, -0.25) is 4.79 Å². The van der Waals surface area contributed by atoms with E-state index >= 15 is 0 Å². The lowest BCUT2D eigenvalue weighted by atomic mass is 10.0. The first-order valence-corrected chi connectivity index (χ1v) is 4.57. The Balaban J connectivity index is 2.26. The van der Waals surface area contributed by atoms with E-state index in [9.17, 15) is 4.79 Å². The molecule has 0 fully saturated rings. The number of nitrogens with one attached hydrogen (secondary N) is 2. The van der Waals surface area contributed by atoms with Crippen LogP contribution in [-0.4, -0.2) is 17.7 Å². The molecule has 0 saturated heterocycles. The summed E-state index contributed by atoms with van der Waals surface area (Å²) >= 11 is 0. The number of anilines is 2. The van der Waals surface area contributed by atoms with E-state index in [0.29, 0.717) is 6.42 Å². The fourth-order valence-electron chi connectivity index (χ4n) is 1.58. The van der Waals surface area contributed by atoms with Gasteiger partial charge in [0.05, 0.1) is 0 Å². The molecule has 0 bridgehead atoms. The molecule has 1 amide bonds. The highest BCUT2D eigenvalue weighted by Gasteiger charge is 2.14. The van der Waals surface area contributed by atoms with E-state index in [2.05, 4.69) is 10.6 Å². The molecule has 0 atom stereocenters. The molecule has 0 aromatic heterocycles. The largest absolute Gasteiger partial charge is 0.377 e. The average Bonchev–Trinajstić information content (AvgIpc) is 2.19. The quantitative estimate of drug-likeness (QED) is 0.611. The van der Waals surface area contributed by atoms with Crippen molar-refractivity contribution in [1.29, 1.82) is 0 Å². The van der Waals surface area contributed by atoms with E-state index in [1.54, 1.807) is 0 Å². The van der Waals surface area contributed by atoms with E-state index in [4.69, 9.17) is 5.11 Å². The number of rotatable bonds is 2. The minimum Gasteiger partial charge on any atom is -0.377 e. The van der Waals surface area contributed by atoms with Gasteiger partial charge in [0.1, 0.15) is 6.73 Å². The van der Waals surface area contributed by atoms with Crippen LogP contribution in [0.5, 0.6) is 0 Å². The first-order chi connectivity index (χ1) is 6.79. The number of hydrogen-bond donors (Lipinski definition) is 3. The van der Waals surface area contributed by atoms with Gasteiger partial charge in [-0.2, -0.15) is 0 Å². The molecule has 1 aromatic carbocycles. The second-order valence-corrected chi connectivity index (χ2v) is 3.25. The summed E-state index contributed by atoms with van der Waals surface area (Å²) in [6, 6.07) is 5.63.